The molecular weight excluding hydrogens is 388 g/mol. The van der Waals surface area contributed by atoms with Crippen molar-refractivity contribution in [2.45, 2.75) is 24.3 Å². The molecule has 146 valence electrons. The molecule has 2 aromatic rings. The summed E-state index contributed by atoms with van der Waals surface area (Å²) in [6.07, 6.45) is 0.556. The number of halogens is 1. The smallest absolute Gasteiger partial charge is 0.242 e. The highest BCUT2D eigenvalue weighted by atomic mass is 35.5. The molecule has 0 radical (unpaired) electrons. The summed E-state index contributed by atoms with van der Waals surface area (Å²) in [6.45, 7) is 0.338. The Balaban J connectivity index is 2.05. The van der Waals surface area contributed by atoms with Gasteiger partial charge in [0, 0.05) is 32.1 Å². The van der Waals surface area contributed by atoms with Gasteiger partial charge in [0.25, 0.3) is 0 Å². The van der Waals surface area contributed by atoms with E-state index in [1.54, 1.807) is 18.2 Å². The zero-order valence-electron chi connectivity index (χ0n) is 15.5. The van der Waals surface area contributed by atoms with Crippen LogP contribution in [-0.4, -0.2) is 39.8 Å². The average molecular weight is 411 g/mol. The molecule has 0 aliphatic heterocycles. The maximum atomic E-state index is 12.3. The van der Waals surface area contributed by atoms with Gasteiger partial charge in [-0.15, -0.1) is 0 Å². The van der Waals surface area contributed by atoms with Crippen LogP contribution < -0.4 is 10.1 Å². The Bertz CT molecular complexity index is 914. The summed E-state index contributed by atoms with van der Waals surface area (Å²) in [6, 6.07) is 12.0. The molecule has 2 rings (SSSR count). The van der Waals surface area contributed by atoms with Crippen molar-refractivity contribution in [3.63, 3.8) is 0 Å². The summed E-state index contributed by atoms with van der Waals surface area (Å²) in [5.41, 5.74) is 1.50. The van der Waals surface area contributed by atoms with Crippen molar-refractivity contribution in [1.29, 1.82) is 0 Å². The molecule has 0 fully saturated rings. The minimum Gasteiger partial charge on any atom is -0.496 e. The first-order valence-electron chi connectivity index (χ1n) is 8.35. The Morgan fingerprint density at radius 2 is 1.85 bits per heavy atom. The molecule has 0 aliphatic rings. The summed E-state index contributed by atoms with van der Waals surface area (Å²) < 4.78 is 31.1. The van der Waals surface area contributed by atoms with Gasteiger partial charge in [-0.25, -0.2) is 12.7 Å². The highest BCUT2D eigenvalue weighted by molar-refractivity contribution is 7.89. The minimum atomic E-state index is -3.55. The fourth-order valence-electron chi connectivity index (χ4n) is 2.49. The largest absolute Gasteiger partial charge is 0.496 e. The maximum absolute atomic E-state index is 12.3. The zero-order chi connectivity index (χ0) is 20.0. The molecule has 0 spiro atoms. The number of methoxy groups -OCH3 is 1. The van der Waals surface area contributed by atoms with Crippen LogP contribution in [0.3, 0.4) is 0 Å². The van der Waals surface area contributed by atoms with E-state index in [4.69, 9.17) is 16.3 Å². The number of sulfonamides is 1. The van der Waals surface area contributed by atoms with Crippen LogP contribution in [0.2, 0.25) is 5.02 Å². The SMILES string of the molecule is COc1ccc(S(=O)(=O)N(C)C)cc1CCC(=O)NCc1ccccc1Cl. The minimum absolute atomic E-state index is 0.155. The van der Waals surface area contributed by atoms with Crippen LogP contribution in [0.5, 0.6) is 5.75 Å². The fourth-order valence-corrected chi connectivity index (χ4v) is 3.65. The van der Waals surface area contributed by atoms with Crippen molar-refractivity contribution >= 4 is 27.5 Å². The second-order valence-corrected chi connectivity index (χ2v) is 8.69. The number of amides is 1. The van der Waals surface area contributed by atoms with E-state index >= 15 is 0 Å². The molecule has 1 amide bonds. The van der Waals surface area contributed by atoms with Crippen molar-refractivity contribution in [2.24, 2.45) is 0 Å². The molecule has 27 heavy (non-hydrogen) atoms. The molecule has 0 saturated carbocycles. The van der Waals surface area contributed by atoms with Crippen LogP contribution in [0.1, 0.15) is 17.5 Å². The van der Waals surface area contributed by atoms with Gasteiger partial charge in [-0.05, 0) is 41.8 Å². The van der Waals surface area contributed by atoms with Crippen molar-refractivity contribution in [2.75, 3.05) is 21.2 Å². The van der Waals surface area contributed by atoms with Crippen LogP contribution >= 0.6 is 11.6 Å². The molecule has 0 saturated heterocycles. The first-order valence-corrected chi connectivity index (χ1v) is 10.2. The zero-order valence-corrected chi connectivity index (χ0v) is 17.1. The number of nitrogens with one attached hydrogen (secondary N) is 1. The summed E-state index contributed by atoms with van der Waals surface area (Å²) in [5.74, 6) is 0.393. The van der Waals surface area contributed by atoms with Crippen molar-refractivity contribution in [3.8, 4) is 5.75 Å². The van der Waals surface area contributed by atoms with E-state index < -0.39 is 10.0 Å². The van der Waals surface area contributed by atoms with Crippen molar-refractivity contribution in [1.82, 2.24) is 9.62 Å². The molecule has 0 aromatic heterocycles. The summed E-state index contributed by atoms with van der Waals surface area (Å²) in [7, 11) is 0.906. The number of rotatable bonds is 8. The van der Waals surface area contributed by atoms with E-state index in [0.29, 0.717) is 29.3 Å². The topological polar surface area (TPSA) is 75.7 Å². The van der Waals surface area contributed by atoms with Gasteiger partial charge in [0.2, 0.25) is 15.9 Å². The number of carbonyl (C=O) groups excluding carboxylic acids is 1. The Hall–Kier alpha value is -2.09. The first kappa shape index (κ1) is 21.2. The Morgan fingerprint density at radius 3 is 2.48 bits per heavy atom. The summed E-state index contributed by atoms with van der Waals surface area (Å²) in [4.78, 5) is 12.3. The van der Waals surface area contributed by atoms with E-state index in [-0.39, 0.29) is 17.2 Å². The first-order chi connectivity index (χ1) is 12.8. The average Bonchev–Trinajstić information content (AvgIpc) is 2.65. The molecule has 6 nitrogen and oxygen atoms in total. The van der Waals surface area contributed by atoms with Gasteiger partial charge >= 0.3 is 0 Å². The van der Waals surface area contributed by atoms with E-state index in [1.165, 1.54) is 27.3 Å². The molecule has 8 heteroatoms. The molecule has 2 aromatic carbocycles. The van der Waals surface area contributed by atoms with Gasteiger partial charge in [-0.1, -0.05) is 29.8 Å². The van der Waals surface area contributed by atoms with Crippen LogP contribution in [-0.2, 0) is 27.8 Å². The normalized spacial score (nSPS) is 11.4. The van der Waals surface area contributed by atoms with E-state index in [2.05, 4.69) is 5.32 Å². The van der Waals surface area contributed by atoms with Gasteiger partial charge < -0.3 is 10.1 Å². The Labute approximate surface area is 165 Å². The predicted octanol–water partition coefficient (Wildman–Crippen LogP) is 2.85. The quantitative estimate of drug-likeness (QED) is 0.726. The van der Waals surface area contributed by atoms with Gasteiger partial charge in [0.15, 0.2) is 0 Å². The van der Waals surface area contributed by atoms with Gasteiger partial charge in [-0.3, -0.25) is 4.79 Å². The van der Waals surface area contributed by atoms with Crippen LogP contribution in [0.4, 0.5) is 0 Å². The molecule has 0 bridgehead atoms. The van der Waals surface area contributed by atoms with E-state index in [0.717, 1.165) is 9.87 Å². The molecule has 0 aliphatic carbocycles. The third-order valence-electron chi connectivity index (χ3n) is 4.09. The standard InChI is InChI=1S/C19H23ClN2O4S/c1-22(2)27(24,25)16-9-10-18(26-3)14(12-16)8-11-19(23)21-13-15-6-4-5-7-17(15)20/h4-7,9-10,12H,8,11,13H2,1-3H3,(H,21,23). The third kappa shape index (κ3) is 5.45. The fraction of sp³-hybridized carbons (Fsp3) is 0.316. The number of benzene rings is 2. The van der Waals surface area contributed by atoms with Gasteiger partial charge in [0.1, 0.15) is 5.75 Å². The monoisotopic (exact) mass is 410 g/mol. The van der Waals surface area contributed by atoms with Gasteiger partial charge in [0.05, 0.1) is 12.0 Å². The number of hydrogen-bond acceptors (Lipinski definition) is 4. The van der Waals surface area contributed by atoms with Crippen LogP contribution in [0.15, 0.2) is 47.4 Å². The molecule has 0 unspecified atom stereocenters. The number of hydrogen-bond donors (Lipinski definition) is 1. The van der Waals surface area contributed by atoms with Crippen LogP contribution in [0.25, 0.3) is 0 Å². The number of nitrogens with zero attached hydrogens (tertiary/aromatic N) is 1. The van der Waals surface area contributed by atoms with Gasteiger partial charge in [-0.2, -0.15) is 0 Å². The second kappa shape index (κ2) is 9.21. The highest BCUT2D eigenvalue weighted by Gasteiger charge is 2.19. The Morgan fingerprint density at radius 1 is 1.15 bits per heavy atom. The molecule has 1 N–H and O–H groups in total. The molecule has 0 heterocycles. The highest BCUT2D eigenvalue weighted by Crippen LogP contribution is 2.25. The van der Waals surface area contributed by atoms with Crippen LogP contribution in [0, 0.1) is 0 Å². The lowest BCUT2D eigenvalue weighted by molar-refractivity contribution is -0.121. The Kier molecular flexibility index (Phi) is 7.24. The van der Waals surface area contributed by atoms with Crippen molar-refractivity contribution < 1.29 is 17.9 Å². The number of carbonyl (C=O) groups is 1. The lowest BCUT2D eigenvalue weighted by Crippen LogP contribution is -2.23. The third-order valence-corrected chi connectivity index (χ3v) is 6.27. The summed E-state index contributed by atoms with van der Waals surface area (Å²) in [5, 5.41) is 3.42. The maximum Gasteiger partial charge on any atom is 0.242 e. The second-order valence-electron chi connectivity index (χ2n) is 6.13. The number of ether oxygens (including phenoxy) is 1. The lowest BCUT2D eigenvalue weighted by atomic mass is 10.1. The van der Waals surface area contributed by atoms with E-state index in [1.807, 2.05) is 18.2 Å². The molecule has 0 atom stereocenters. The lowest BCUT2D eigenvalue weighted by Gasteiger charge is -2.14. The van der Waals surface area contributed by atoms with E-state index in [9.17, 15) is 13.2 Å². The predicted molar refractivity (Wildman–Crippen MR) is 105 cm³/mol. The molecular formula is C19H23ClN2O4S. The van der Waals surface area contributed by atoms with Crippen molar-refractivity contribution in [3.05, 3.63) is 58.6 Å². The number of aryl methyl sites for hydroxylation is 1. The summed E-state index contributed by atoms with van der Waals surface area (Å²) >= 11 is 6.08.